The molecule has 1 aliphatic heterocycles. The van der Waals surface area contributed by atoms with Crippen LogP contribution in [0.2, 0.25) is 5.02 Å². The van der Waals surface area contributed by atoms with Crippen molar-refractivity contribution in [1.82, 2.24) is 4.90 Å². The number of nitrogens with one attached hydrogen (secondary N) is 1. The van der Waals surface area contributed by atoms with Crippen LogP contribution in [0.15, 0.2) is 18.2 Å². The Balaban J connectivity index is 1.89. The Morgan fingerprint density at radius 3 is 2.65 bits per heavy atom. The Morgan fingerprint density at radius 1 is 1.39 bits per heavy atom. The number of rotatable bonds is 5. The van der Waals surface area contributed by atoms with Crippen LogP contribution in [0.5, 0.6) is 5.75 Å². The molecule has 0 bridgehead atoms. The van der Waals surface area contributed by atoms with E-state index in [1.54, 1.807) is 18.2 Å². The number of benzene rings is 1. The number of hydrogen-bond acceptors (Lipinski definition) is 3. The lowest BCUT2D eigenvalue weighted by atomic mass is 10.1. The fourth-order valence-corrected chi connectivity index (χ4v) is 2.82. The molecule has 23 heavy (non-hydrogen) atoms. The Morgan fingerprint density at radius 2 is 2.09 bits per heavy atom. The minimum atomic E-state index is -0.103. The zero-order valence-corrected chi connectivity index (χ0v) is 14.7. The molecule has 0 saturated carbocycles. The molecule has 0 spiro atoms. The molecule has 1 aromatic rings. The Bertz CT molecular complexity index is 529. The molecule has 0 radical (unpaired) electrons. The van der Waals surface area contributed by atoms with Crippen LogP contribution in [0, 0.1) is 0 Å². The minimum absolute atomic E-state index is 0.0552. The summed E-state index contributed by atoms with van der Waals surface area (Å²) >= 11 is 6.19. The summed E-state index contributed by atoms with van der Waals surface area (Å²) in [4.78, 5) is 14.1. The zero-order valence-electron chi connectivity index (χ0n) is 14.0. The normalized spacial score (nSPS) is 15.8. The third-order valence-electron chi connectivity index (χ3n) is 3.68. The number of nitrogens with zero attached hydrogens (tertiary/aromatic N) is 1. The van der Waals surface area contributed by atoms with Crippen molar-refractivity contribution in [2.45, 2.75) is 45.8 Å². The molecule has 0 unspecified atom stereocenters. The number of carbonyl (C=O) groups is 1. The van der Waals surface area contributed by atoms with Crippen molar-refractivity contribution < 1.29 is 14.3 Å². The lowest BCUT2D eigenvalue weighted by Crippen LogP contribution is -2.43. The SMILES string of the molecule is CCOC1CCN(C(=O)Nc2ccc(OC(C)C)c(Cl)c2)CC1. The van der Waals surface area contributed by atoms with Gasteiger partial charge in [0, 0.05) is 25.4 Å². The number of urea groups is 1. The summed E-state index contributed by atoms with van der Waals surface area (Å²) in [5.74, 6) is 0.622. The van der Waals surface area contributed by atoms with Gasteiger partial charge in [0.25, 0.3) is 0 Å². The summed E-state index contributed by atoms with van der Waals surface area (Å²) in [6.07, 6.45) is 2.08. The monoisotopic (exact) mass is 340 g/mol. The summed E-state index contributed by atoms with van der Waals surface area (Å²) in [7, 11) is 0. The second-order valence-electron chi connectivity index (χ2n) is 5.88. The van der Waals surface area contributed by atoms with Crippen molar-refractivity contribution in [3.63, 3.8) is 0 Å². The third kappa shape index (κ3) is 5.29. The van der Waals surface area contributed by atoms with Gasteiger partial charge in [0.15, 0.2) is 0 Å². The maximum Gasteiger partial charge on any atom is 0.321 e. The molecule has 1 saturated heterocycles. The first-order valence-corrected chi connectivity index (χ1v) is 8.51. The van der Waals surface area contributed by atoms with Crippen molar-refractivity contribution in [2.24, 2.45) is 0 Å². The average Bonchev–Trinajstić information content (AvgIpc) is 2.50. The third-order valence-corrected chi connectivity index (χ3v) is 3.97. The summed E-state index contributed by atoms with van der Waals surface area (Å²) in [5.41, 5.74) is 0.669. The van der Waals surface area contributed by atoms with Crippen molar-refractivity contribution in [1.29, 1.82) is 0 Å². The number of anilines is 1. The predicted octanol–water partition coefficient (Wildman–Crippen LogP) is 4.16. The van der Waals surface area contributed by atoms with Crippen LogP contribution in [0.4, 0.5) is 10.5 Å². The molecule has 0 aliphatic carbocycles. The molecular formula is C17H25ClN2O3. The highest BCUT2D eigenvalue weighted by molar-refractivity contribution is 6.32. The molecule has 0 aromatic heterocycles. The van der Waals surface area contributed by atoms with E-state index >= 15 is 0 Å². The fraction of sp³-hybridized carbons (Fsp3) is 0.588. The summed E-state index contributed by atoms with van der Waals surface area (Å²) in [5, 5.41) is 3.38. The van der Waals surface area contributed by atoms with E-state index in [0.29, 0.717) is 29.5 Å². The van der Waals surface area contributed by atoms with Gasteiger partial charge in [-0.3, -0.25) is 0 Å². The minimum Gasteiger partial charge on any atom is -0.489 e. The molecule has 1 heterocycles. The quantitative estimate of drug-likeness (QED) is 0.875. The van der Waals surface area contributed by atoms with Crippen molar-refractivity contribution >= 4 is 23.3 Å². The lowest BCUT2D eigenvalue weighted by molar-refractivity contribution is 0.0232. The molecular weight excluding hydrogens is 316 g/mol. The Kier molecular flexibility index (Phi) is 6.54. The fourth-order valence-electron chi connectivity index (χ4n) is 2.59. The van der Waals surface area contributed by atoms with Crippen LogP contribution >= 0.6 is 11.6 Å². The van der Waals surface area contributed by atoms with Gasteiger partial charge in [-0.15, -0.1) is 0 Å². The van der Waals surface area contributed by atoms with Crippen molar-refractivity contribution in [3.05, 3.63) is 23.2 Å². The van der Waals surface area contributed by atoms with Gasteiger partial charge in [-0.2, -0.15) is 0 Å². The highest BCUT2D eigenvalue weighted by Gasteiger charge is 2.23. The standard InChI is InChI=1S/C17H25ClN2O3/c1-4-22-14-7-9-20(10-8-14)17(21)19-13-5-6-16(15(18)11-13)23-12(2)3/h5-6,11-12,14H,4,7-10H2,1-3H3,(H,19,21). The molecule has 1 aromatic carbocycles. The van der Waals surface area contributed by atoms with Crippen molar-refractivity contribution in [2.75, 3.05) is 25.0 Å². The molecule has 2 amide bonds. The predicted molar refractivity (Wildman–Crippen MR) is 92.5 cm³/mol. The maximum absolute atomic E-state index is 12.3. The van der Waals surface area contributed by atoms with Crippen LogP contribution in [0.1, 0.15) is 33.6 Å². The number of carbonyl (C=O) groups excluding carboxylic acids is 1. The van der Waals surface area contributed by atoms with E-state index in [1.807, 2.05) is 25.7 Å². The Hall–Kier alpha value is -1.46. The number of ether oxygens (including phenoxy) is 2. The maximum atomic E-state index is 12.3. The molecule has 128 valence electrons. The van der Waals surface area contributed by atoms with Gasteiger partial charge < -0.3 is 19.7 Å². The van der Waals surface area contributed by atoms with Gasteiger partial charge in [0.2, 0.25) is 0 Å². The average molecular weight is 341 g/mol. The highest BCUT2D eigenvalue weighted by Crippen LogP contribution is 2.28. The lowest BCUT2D eigenvalue weighted by Gasteiger charge is -2.31. The highest BCUT2D eigenvalue weighted by atomic mass is 35.5. The van der Waals surface area contributed by atoms with Gasteiger partial charge in [0.05, 0.1) is 17.2 Å². The molecule has 1 aliphatic rings. The van der Waals surface area contributed by atoms with Crippen LogP contribution in [-0.2, 0) is 4.74 Å². The van der Waals surface area contributed by atoms with E-state index in [0.717, 1.165) is 19.4 Å². The molecule has 1 fully saturated rings. The smallest absolute Gasteiger partial charge is 0.321 e. The van der Waals surface area contributed by atoms with Crippen molar-refractivity contribution in [3.8, 4) is 5.75 Å². The van der Waals surface area contributed by atoms with Crippen LogP contribution in [0.3, 0.4) is 0 Å². The van der Waals surface area contributed by atoms with Gasteiger partial charge in [-0.05, 0) is 51.8 Å². The number of hydrogen-bond donors (Lipinski definition) is 1. The van der Waals surface area contributed by atoms with Gasteiger partial charge >= 0.3 is 6.03 Å². The van der Waals surface area contributed by atoms with E-state index in [-0.39, 0.29) is 18.2 Å². The van der Waals surface area contributed by atoms with E-state index in [1.165, 1.54) is 0 Å². The van der Waals surface area contributed by atoms with Gasteiger partial charge in [-0.1, -0.05) is 11.6 Å². The molecule has 2 rings (SSSR count). The largest absolute Gasteiger partial charge is 0.489 e. The zero-order chi connectivity index (χ0) is 16.8. The van der Waals surface area contributed by atoms with Crippen LogP contribution < -0.4 is 10.1 Å². The van der Waals surface area contributed by atoms with Crippen LogP contribution in [0.25, 0.3) is 0 Å². The number of halogens is 1. The molecule has 6 heteroatoms. The summed E-state index contributed by atoms with van der Waals surface area (Å²) in [6.45, 7) is 8.02. The molecule has 1 N–H and O–H groups in total. The van der Waals surface area contributed by atoms with Crippen LogP contribution in [-0.4, -0.2) is 42.8 Å². The van der Waals surface area contributed by atoms with E-state index < -0.39 is 0 Å². The Labute approximate surface area is 142 Å². The number of amides is 2. The van der Waals surface area contributed by atoms with E-state index in [9.17, 15) is 4.79 Å². The van der Waals surface area contributed by atoms with E-state index in [4.69, 9.17) is 21.1 Å². The number of likely N-dealkylation sites (tertiary alicyclic amines) is 1. The van der Waals surface area contributed by atoms with Gasteiger partial charge in [0.1, 0.15) is 5.75 Å². The van der Waals surface area contributed by atoms with E-state index in [2.05, 4.69) is 5.32 Å². The second kappa shape index (κ2) is 8.41. The molecule has 5 nitrogen and oxygen atoms in total. The molecule has 0 atom stereocenters. The first-order valence-electron chi connectivity index (χ1n) is 8.13. The summed E-state index contributed by atoms with van der Waals surface area (Å²) < 4.78 is 11.2. The summed E-state index contributed by atoms with van der Waals surface area (Å²) in [6, 6.07) is 5.19. The topological polar surface area (TPSA) is 50.8 Å². The second-order valence-corrected chi connectivity index (χ2v) is 6.29. The number of piperidine rings is 1. The first-order chi connectivity index (χ1) is 11.0. The van der Waals surface area contributed by atoms with Gasteiger partial charge in [-0.25, -0.2) is 4.79 Å². The first kappa shape index (κ1) is 17.9.